The topological polar surface area (TPSA) is 50.4 Å². The van der Waals surface area contributed by atoms with Crippen LogP contribution in [0.15, 0.2) is 24.3 Å². The van der Waals surface area contributed by atoms with Crippen molar-refractivity contribution >= 4 is 11.6 Å². The van der Waals surface area contributed by atoms with Crippen LogP contribution in [0.3, 0.4) is 0 Å². The molecule has 20 heavy (non-hydrogen) atoms. The molecule has 0 aliphatic carbocycles. The first-order chi connectivity index (χ1) is 9.66. The summed E-state index contributed by atoms with van der Waals surface area (Å²) in [5, 5.41) is 6.26. The molecule has 0 radical (unpaired) electrons. The fourth-order valence-corrected chi connectivity index (χ4v) is 2.26. The average molecular weight is 276 g/mol. The molecule has 0 bridgehead atoms. The van der Waals surface area contributed by atoms with E-state index in [9.17, 15) is 4.79 Å². The maximum atomic E-state index is 12.3. The number of nitrogens with one attached hydrogen (secondary N) is 2. The van der Waals surface area contributed by atoms with Crippen LogP contribution in [0.25, 0.3) is 0 Å². The molecule has 1 saturated heterocycles. The minimum Gasteiger partial charge on any atom is -0.491 e. The van der Waals surface area contributed by atoms with Gasteiger partial charge in [0.1, 0.15) is 5.75 Å². The van der Waals surface area contributed by atoms with E-state index in [0.717, 1.165) is 37.4 Å². The third-order valence-corrected chi connectivity index (χ3v) is 3.38. The lowest BCUT2D eigenvalue weighted by molar-refractivity contribution is -0.120. The van der Waals surface area contributed by atoms with Gasteiger partial charge < -0.3 is 15.4 Å². The Morgan fingerprint density at radius 2 is 2.25 bits per heavy atom. The van der Waals surface area contributed by atoms with Crippen molar-refractivity contribution in [1.29, 1.82) is 0 Å². The first-order valence-corrected chi connectivity index (χ1v) is 7.40. The highest BCUT2D eigenvalue weighted by Gasteiger charge is 2.21. The number of rotatable bonds is 5. The Labute approximate surface area is 120 Å². The van der Waals surface area contributed by atoms with Crippen molar-refractivity contribution in [2.75, 3.05) is 25.0 Å². The van der Waals surface area contributed by atoms with Gasteiger partial charge in [0.05, 0.1) is 18.2 Å². The van der Waals surface area contributed by atoms with Gasteiger partial charge in [-0.05, 0) is 37.4 Å². The summed E-state index contributed by atoms with van der Waals surface area (Å²) in [5.74, 6) is 1.35. The number of benzene rings is 1. The zero-order chi connectivity index (χ0) is 14.4. The van der Waals surface area contributed by atoms with E-state index in [4.69, 9.17) is 4.74 Å². The quantitative estimate of drug-likeness (QED) is 0.869. The fourth-order valence-electron chi connectivity index (χ4n) is 2.26. The summed E-state index contributed by atoms with van der Waals surface area (Å²) in [6.45, 7) is 6.64. The highest BCUT2D eigenvalue weighted by molar-refractivity contribution is 5.94. The lowest BCUT2D eigenvalue weighted by Crippen LogP contribution is -2.37. The molecule has 1 atom stereocenters. The number of carbonyl (C=O) groups is 1. The Morgan fingerprint density at radius 1 is 1.45 bits per heavy atom. The predicted molar refractivity (Wildman–Crippen MR) is 81.0 cm³/mol. The Kier molecular flexibility index (Phi) is 5.41. The summed E-state index contributed by atoms with van der Waals surface area (Å²) in [4.78, 5) is 12.3. The molecule has 1 amide bonds. The van der Waals surface area contributed by atoms with Crippen LogP contribution in [-0.4, -0.2) is 25.6 Å². The van der Waals surface area contributed by atoms with Gasteiger partial charge in [-0.25, -0.2) is 0 Å². The molecule has 1 aromatic carbocycles. The molecule has 0 spiro atoms. The van der Waals surface area contributed by atoms with Gasteiger partial charge in [0, 0.05) is 6.54 Å². The number of hydrogen-bond acceptors (Lipinski definition) is 3. The number of piperidine rings is 1. The smallest absolute Gasteiger partial charge is 0.228 e. The molecule has 0 unspecified atom stereocenters. The Bertz CT molecular complexity index is 440. The molecule has 2 rings (SSSR count). The van der Waals surface area contributed by atoms with Crippen LogP contribution >= 0.6 is 0 Å². The molecule has 4 heteroatoms. The minimum absolute atomic E-state index is 0.0573. The zero-order valence-corrected chi connectivity index (χ0v) is 12.3. The summed E-state index contributed by atoms with van der Waals surface area (Å²) in [6, 6.07) is 7.63. The summed E-state index contributed by atoms with van der Waals surface area (Å²) in [7, 11) is 0. The SMILES string of the molecule is CC(C)COc1ccccc1NC(=O)[C@@H]1CCCNC1. The van der Waals surface area contributed by atoms with Crippen LogP contribution in [0.5, 0.6) is 5.75 Å². The van der Waals surface area contributed by atoms with Crippen LogP contribution in [-0.2, 0) is 4.79 Å². The summed E-state index contributed by atoms with van der Waals surface area (Å²) in [5.41, 5.74) is 0.767. The highest BCUT2D eigenvalue weighted by Crippen LogP contribution is 2.25. The van der Waals surface area contributed by atoms with E-state index >= 15 is 0 Å². The Balaban J connectivity index is 1.98. The van der Waals surface area contributed by atoms with Crippen molar-refractivity contribution in [3.05, 3.63) is 24.3 Å². The lowest BCUT2D eigenvalue weighted by atomic mass is 9.99. The maximum Gasteiger partial charge on any atom is 0.228 e. The van der Waals surface area contributed by atoms with Gasteiger partial charge >= 0.3 is 0 Å². The number of hydrogen-bond donors (Lipinski definition) is 2. The van der Waals surface area contributed by atoms with E-state index in [1.807, 2.05) is 24.3 Å². The number of carbonyl (C=O) groups excluding carboxylic acids is 1. The largest absolute Gasteiger partial charge is 0.491 e. The highest BCUT2D eigenvalue weighted by atomic mass is 16.5. The van der Waals surface area contributed by atoms with E-state index in [-0.39, 0.29) is 11.8 Å². The number of amides is 1. The van der Waals surface area contributed by atoms with E-state index in [1.54, 1.807) is 0 Å². The second kappa shape index (κ2) is 7.29. The van der Waals surface area contributed by atoms with Gasteiger partial charge in [-0.15, -0.1) is 0 Å². The maximum absolute atomic E-state index is 12.3. The molecule has 1 aliphatic rings. The van der Waals surface area contributed by atoms with E-state index < -0.39 is 0 Å². The third kappa shape index (κ3) is 4.23. The van der Waals surface area contributed by atoms with Crippen molar-refractivity contribution in [3.8, 4) is 5.75 Å². The van der Waals surface area contributed by atoms with Crippen LogP contribution in [0, 0.1) is 11.8 Å². The monoisotopic (exact) mass is 276 g/mol. The molecule has 1 fully saturated rings. The molecule has 0 saturated carbocycles. The van der Waals surface area contributed by atoms with Gasteiger partial charge in [-0.2, -0.15) is 0 Å². The molecule has 1 aliphatic heterocycles. The third-order valence-electron chi connectivity index (χ3n) is 3.38. The van der Waals surface area contributed by atoms with Gasteiger partial charge in [-0.1, -0.05) is 26.0 Å². The van der Waals surface area contributed by atoms with Crippen LogP contribution in [0.4, 0.5) is 5.69 Å². The van der Waals surface area contributed by atoms with Crippen molar-refractivity contribution in [3.63, 3.8) is 0 Å². The van der Waals surface area contributed by atoms with Gasteiger partial charge in [0.25, 0.3) is 0 Å². The van der Waals surface area contributed by atoms with Crippen LogP contribution < -0.4 is 15.4 Å². The summed E-state index contributed by atoms with van der Waals surface area (Å²) >= 11 is 0. The first kappa shape index (κ1) is 14.9. The molecular formula is C16H24N2O2. The van der Waals surface area contributed by atoms with Crippen molar-refractivity contribution in [1.82, 2.24) is 5.32 Å². The summed E-state index contributed by atoms with van der Waals surface area (Å²) < 4.78 is 5.76. The van der Waals surface area contributed by atoms with Gasteiger partial charge in [0.2, 0.25) is 5.91 Å². The van der Waals surface area contributed by atoms with Crippen LogP contribution in [0.1, 0.15) is 26.7 Å². The van der Waals surface area contributed by atoms with Crippen molar-refractivity contribution < 1.29 is 9.53 Å². The summed E-state index contributed by atoms with van der Waals surface area (Å²) in [6.07, 6.45) is 2.01. The van der Waals surface area contributed by atoms with Gasteiger partial charge in [-0.3, -0.25) is 4.79 Å². The van der Waals surface area contributed by atoms with E-state index in [2.05, 4.69) is 24.5 Å². The van der Waals surface area contributed by atoms with E-state index in [0.29, 0.717) is 12.5 Å². The zero-order valence-electron chi connectivity index (χ0n) is 12.3. The average Bonchev–Trinajstić information content (AvgIpc) is 2.47. The molecule has 1 aromatic rings. The second-order valence-electron chi connectivity index (χ2n) is 5.73. The Morgan fingerprint density at radius 3 is 2.95 bits per heavy atom. The lowest BCUT2D eigenvalue weighted by Gasteiger charge is -2.22. The van der Waals surface area contributed by atoms with Gasteiger partial charge in [0.15, 0.2) is 0 Å². The standard InChI is InChI=1S/C16H24N2O2/c1-12(2)11-20-15-8-4-3-7-14(15)18-16(19)13-6-5-9-17-10-13/h3-4,7-8,12-13,17H,5-6,9-11H2,1-2H3,(H,18,19)/t13-/m1/s1. The molecule has 4 nitrogen and oxygen atoms in total. The number of para-hydroxylation sites is 2. The van der Waals surface area contributed by atoms with E-state index in [1.165, 1.54) is 0 Å². The van der Waals surface area contributed by atoms with Crippen molar-refractivity contribution in [2.24, 2.45) is 11.8 Å². The minimum atomic E-state index is 0.0573. The Hall–Kier alpha value is -1.55. The molecule has 110 valence electrons. The fraction of sp³-hybridized carbons (Fsp3) is 0.562. The first-order valence-electron chi connectivity index (χ1n) is 7.40. The number of ether oxygens (including phenoxy) is 1. The normalized spacial score (nSPS) is 18.9. The molecule has 0 aromatic heterocycles. The molecule has 1 heterocycles. The molecule has 2 N–H and O–H groups in total. The predicted octanol–water partition coefficient (Wildman–Crippen LogP) is 2.66. The number of anilines is 1. The molecular weight excluding hydrogens is 252 g/mol. The second-order valence-corrected chi connectivity index (χ2v) is 5.73. The van der Waals surface area contributed by atoms with Crippen molar-refractivity contribution in [2.45, 2.75) is 26.7 Å². The van der Waals surface area contributed by atoms with Crippen LogP contribution in [0.2, 0.25) is 0 Å².